The molecular formula is C10H16NO+. The Balaban J connectivity index is 3.12. The lowest BCUT2D eigenvalue weighted by Gasteiger charge is -2.09. The number of methoxy groups -OCH3 is 1. The van der Waals surface area contributed by atoms with E-state index in [0.717, 1.165) is 5.75 Å². The van der Waals surface area contributed by atoms with Gasteiger partial charge in [0.25, 0.3) is 0 Å². The van der Waals surface area contributed by atoms with Crippen LogP contribution in [-0.2, 0) is 0 Å². The summed E-state index contributed by atoms with van der Waals surface area (Å²) < 4.78 is 5.22. The molecule has 12 heavy (non-hydrogen) atoms. The predicted molar refractivity (Wildman–Crippen MR) is 49.0 cm³/mol. The molecule has 0 aromatic heterocycles. The molecule has 1 aromatic carbocycles. The highest BCUT2D eigenvalue weighted by Gasteiger charge is 2.09. The quantitative estimate of drug-likeness (QED) is 0.706. The van der Waals surface area contributed by atoms with Crippen molar-refractivity contribution in [1.29, 1.82) is 0 Å². The van der Waals surface area contributed by atoms with E-state index < -0.39 is 0 Å². The molecule has 0 aliphatic rings. The summed E-state index contributed by atoms with van der Waals surface area (Å²) in [5.74, 6) is 0.933. The van der Waals surface area contributed by atoms with Gasteiger partial charge in [-0.25, -0.2) is 0 Å². The highest BCUT2D eigenvalue weighted by Crippen LogP contribution is 2.23. The van der Waals surface area contributed by atoms with Crippen LogP contribution in [0.5, 0.6) is 5.75 Å². The monoisotopic (exact) mass is 166 g/mol. The Kier molecular flexibility index (Phi) is 2.71. The standard InChI is InChI=1S/C10H15NO/c1-7-4-5-10(12-3)9(6-7)8(2)11/h4-6,8H,11H2,1-3H3/p+1/t8-/m0/s1. The van der Waals surface area contributed by atoms with Crippen LogP contribution in [0.2, 0.25) is 0 Å². The van der Waals surface area contributed by atoms with Crippen LogP contribution in [0, 0.1) is 6.92 Å². The zero-order chi connectivity index (χ0) is 9.14. The Morgan fingerprint density at radius 2 is 2.08 bits per heavy atom. The van der Waals surface area contributed by atoms with Gasteiger partial charge in [0.2, 0.25) is 0 Å². The summed E-state index contributed by atoms with van der Waals surface area (Å²) in [6, 6.07) is 6.44. The molecule has 1 rings (SSSR count). The molecule has 1 atom stereocenters. The lowest BCUT2D eigenvalue weighted by atomic mass is 10.1. The van der Waals surface area contributed by atoms with E-state index in [-0.39, 0.29) is 6.04 Å². The van der Waals surface area contributed by atoms with Gasteiger partial charge in [-0.1, -0.05) is 11.6 Å². The third-order valence-electron chi connectivity index (χ3n) is 1.92. The molecule has 0 radical (unpaired) electrons. The minimum absolute atomic E-state index is 0.278. The van der Waals surface area contributed by atoms with E-state index in [1.54, 1.807) is 7.11 Å². The molecule has 0 saturated heterocycles. The summed E-state index contributed by atoms with van der Waals surface area (Å²) >= 11 is 0. The van der Waals surface area contributed by atoms with Gasteiger partial charge in [0.1, 0.15) is 11.8 Å². The summed E-state index contributed by atoms with van der Waals surface area (Å²) in [6.45, 7) is 4.14. The van der Waals surface area contributed by atoms with Crippen molar-refractivity contribution in [1.82, 2.24) is 0 Å². The Morgan fingerprint density at radius 3 is 2.58 bits per heavy atom. The van der Waals surface area contributed by atoms with Gasteiger partial charge in [0.15, 0.2) is 0 Å². The molecule has 0 amide bonds. The number of quaternary nitrogens is 1. The van der Waals surface area contributed by atoms with Crippen LogP contribution in [0.1, 0.15) is 24.1 Å². The third-order valence-corrected chi connectivity index (χ3v) is 1.92. The fourth-order valence-corrected chi connectivity index (χ4v) is 1.24. The third kappa shape index (κ3) is 1.77. The second-order valence-corrected chi connectivity index (χ2v) is 3.15. The summed E-state index contributed by atoms with van der Waals surface area (Å²) in [6.07, 6.45) is 0. The predicted octanol–water partition coefficient (Wildman–Crippen LogP) is 1.31. The lowest BCUT2D eigenvalue weighted by Crippen LogP contribution is -2.51. The van der Waals surface area contributed by atoms with Crippen LogP contribution in [0.15, 0.2) is 18.2 Å². The summed E-state index contributed by atoms with van der Waals surface area (Å²) in [7, 11) is 1.69. The largest absolute Gasteiger partial charge is 0.496 e. The van der Waals surface area contributed by atoms with Gasteiger partial charge >= 0.3 is 0 Å². The van der Waals surface area contributed by atoms with Crippen molar-refractivity contribution >= 4 is 0 Å². The van der Waals surface area contributed by atoms with Crippen LogP contribution < -0.4 is 10.5 Å². The SMILES string of the molecule is COc1ccc(C)cc1[C@H](C)[NH3+]. The van der Waals surface area contributed by atoms with E-state index in [1.807, 2.05) is 12.1 Å². The Morgan fingerprint density at radius 1 is 1.42 bits per heavy atom. The van der Waals surface area contributed by atoms with E-state index in [0.29, 0.717) is 0 Å². The maximum Gasteiger partial charge on any atom is 0.128 e. The van der Waals surface area contributed by atoms with Gasteiger partial charge < -0.3 is 10.5 Å². The topological polar surface area (TPSA) is 36.9 Å². The lowest BCUT2D eigenvalue weighted by molar-refractivity contribution is -0.420. The summed E-state index contributed by atoms with van der Waals surface area (Å²) in [5.41, 5.74) is 6.41. The second-order valence-electron chi connectivity index (χ2n) is 3.15. The normalized spacial score (nSPS) is 12.7. The fraction of sp³-hybridized carbons (Fsp3) is 0.400. The molecule has 3 N–H and O–H groups in total. The van der Waals surface area contributed by atoms with Crippen molar-refractivity contribution in [3.8, 4) is 5.75 Å². The molecule has 0 heterocycles. The second kappa shape index (κ2) is 3.59. The molecule has 2 heteroatoms. The Labute approximate surface area is 73.3 Å². The number of hydrogen-bond donors (Lipinski definition) is 1. The van der Waals surface area contributed by atoms with Crippen LogP contribution in [-0.4, -0.2) is 7.11 Å². The molecule has 66 valence electrons. The van der Waals surface area contributed by atoms with Crippen molar-refractivity contribution in [3.05, 3.63) is 29.3 Å². The molecule has 0 bridgehead atoms. The Bertz CT molecular complexity index is 269. The van der Waals surface area contributed by atoms with E-state index in [9.17, 15) is 0 Å². The van der Waals surface area contributed by atoms with Crippen molar-refractivity contribution < 1.29 is 10.5 Å². The average Bonchev–Trinajstić information content (AvgIpc) is 2.04. The first-order valence-electron chi connectivity index (χ1n) is 4.12. The fourth-order valence-electron chi connectivity index (χ4n) is 1.24. The highest BCUT2D eigenvalue weighted by atomic mass is 16.5. The molecule has 0 unspecified atom stereocenters. The molecule has 2 nitrogen and oxygen atoms in total. The molecular weight excluding hydrogens is 150 g/mol. The van der Waals surface area contributed by atoms with Crippen molar-refractivity contribution in [2.24, 2.45) is 0 Å². The number of hydrogen-bond acceptors (Lipinski definition) is 1. The van der Waals surface area contributed by atoms with Crippen LogP contribution in [0.3, 0.4) is 0 Å². The number of ether oxygens (including phenoxy) is 1. The zero-order valence-corrected chi connectivity index (χ0v) is 7.92. The van der Waals surface area contributed by atoms with Gasteiger partial charge in [0, 0.05) is 0 Å². The van der Waals surface area contributed by atoms with Crippen LogP contribution in [0.4, 0.5) is 0 Å². The molecule has 0 saturated carbocycles. The minimum atomic E-state index is 0.278. The summed E-state index contributed by atoms with van der Waals surface area (Å²) in [4.78, 5) is 0. The first-order valence-corrected chi connectivity index (χ1v) is 4.12. The molecule has 1 aromatic rings. The van der Waals surface area contributed by atoms with Crippen molar-refractivity contribution in [2.45, 2.75) is 19.9 Å². The van der Waals surface area contributed by atoms with Crippen molar-refractivity contribution in [2.75, 3.05) is 7.11 Å². The highest BCUT2D eigenvalue weighted by molar-refractivity contribution is 5.37. The first kappa shape index (κ1) is 9.07. The zero-order valence-electron chi connectivity index (χ0n) is 7.92. The Hall–Kier alpha value is -1.02. The maximum absolute atomic E-state index is 5.22. The van der Waals surface area contributed by atoms with Crippen molar-refractivity contribution in [3.63, 3.8) is 0 Å². The summed E-state index contributed by atoms with van der Waals surface area (Å²) in [5, 5.41) is 0. The number of aryl methyl sites for hydroxylation is 1. The van der Waals surface area contributed by atoms with Gasteiger partial charge in [-0.3, -0.25) is 0 Å². The van der Waals surface area contributed by atoms with Crippen LogP contribution in [0.25, 0.3) is 0 Å². The molecule has 0 aliphatic carbocycles. The van der Waals surface area contributed by atoms with Gasteiger partial charge in [0.05, 0.1) is 12.7 Å². The number of rotatable bonds is 2. The molecule has 0 fully saturated rings. The smallest absolute Gasteiger partial charge is 0.128 e. The van der Waals surface area contributed by atoms with Gasteiger partial charge in [-0.2, -0.15) is 0 Å². The minimum Gasteiger partial charge on any atom is -0.496 e. The number of benzene rings is 1. The first-order chi connectivity index (χ1) is 5.65. The maximum atomic E-state index is 5.22. The van der Waals surface area contributed by atoms with E-state index >= 15 is 0 Å². The van der Waals surface area contributed by atoms with E-state index in [1.165, 1.54) is 11.1 Å². The molecule has 0 spiro atoms. The van der Waals surface area contributed by atoms with Gasteiger partial charge in [-0.05, 0) is 26.0 Å². The van der Waals surface area contributed by atoms with E-state index in [4.69, 9.17) is 4.74 Å². The van der Waals surface area contributed by atoms with Gasteiger partial charge in [-0.15, -0.1) is 0 Å². The molecule has 0 aliphatic heterocycles. The van der Waals surface area contributed by atoms with Crippen LogP contribution >= 0.6 is 0 Å². The average molecular weight is 166 g/mol. The van der Waals surface area contributed by atoms with E-state index in [2.05, 4.69) is 25.6 Å².